The summed E-state index contributed by atoms with van der Waals surface area (Å²) in [6.07, 6.45) is 8.26. The van der Waals surface area contributed by atoms with Crippen molar-refractivity contribution < 1.29 is 0 Å². The molecule has 1 saturated heterocycles. The maximum atomic E-state index is 4.30. The maximum absolute atomic E-state index is 4.30. The molecule has 96 valence electrons. The molecule has 0 aliphatic carbocycles. The summed E-state index contributed by atoms with van der Waals surface area (Å²) in [6, 6.07) is 0. The molecule has 1 N–H and O–H groups in total. The third-order valence-electron chi connectivity index (χ3n) is 3.42. The number of piperidine rings is 1. The summed E-state index contributed by atoms with van der Waals surface area (Å²) >= 11 is 0. The van der Waals surface area contributed by atoms with Crippen LogP contribution in [-0.4, -0.2) is 37.9 Å². The van der Waals surface area contributed by atoms with E-state index in [9.17, 15) is 0 Å². The second kappa shape index (κ2) is 4.89. The highest BCUT2D eigenvalue weighted by molar-refractivity contribution is 5.07. The summed E-state index contributed by atoms with van der Waals surface area (Å²) in [7, 11) is 1.92. The van der Waals surface area contributed by atoms with E-state index >= 15 is 0 Å². The Bertz CT molecular complexity index is 508. The van der Waals surface area contributed by atoms with E-state index in [0.29, 0.717) is 5.92 Å². The molecule has 0 bridgehead atoms. The molecular weight excluding hydrogens is 228 g/mol. The van der Waals surface area contributed by atoms with E-state index in [-0.39, 0.29) is 0 Å². The van der Waals surface area contributed by atoms with Gasteiger partial charge < -0.3 is 5.32 Å². The summed E-state index contributed by atoms with van der Waals surface area (Å²) in [4.78, 5) is 0. The Morgan fingerprint density at radius 1 is 1.33 bits per heavy atom. The summed E-state index contributed by atoms with van der Waals surface area (Å²) < 4.78 is 3.70. The Hall–Kier alpha value is -1.69. The Morgan fingerprint density at radius 2 is 2.17 bits per heavy atom. The molecule has 0 amide bonds. The second-order valence-corrected chi connectivity index (χ2v) is 4.89. The molecule has 3 rings (SSSR count). The van der Waals surface area contributed by atoms with Crippen LogP contribution in [0.15, 0.2) is 18.6 Å². The first kappa shape index (κ1) is 11.4. The van der Waals surface area contributed by atoms with Crippen LogP contribution in [0.2, 0.25) is 0 Å². The summed E-state index contributed by atoms with van der Waals surface area (Å²) in [5, 5.41) is 16.0. The van der Waals surface area contributed by atoms with Gasteiger partial charge in [-0.1, -0.05) is 5.21 Å². The average molecular weight is 246 g/mol. The topological polar surface area (TPSA) is 60.6 Å². The molecule has 3 heterocycles. The standard InChI is InChI=1S/C12H18N6/c1-17-7-10(6-14-17)8-18-9-12(15-16-18)11-2-4-13-5-3-11/h6-7,9,11,13H,2-5,8H2,1H3. The minimum atomic E-state index is 0.564. The van der Waals surface area contributed by atoms with Gasteiger partial charge in [0.1, 0.15) is 0 Å². The van der Waals surface area contributed by atoms with Crippen LogP contribution >= 0.6 is 0 Å². The van der Waals surface area contributed by atoms with Gasteiger partial charge in [0.25, 0.3) is 0 Å². The van der Waals surface area contributed by atoms with E-state index in [1.165, 1.54) is 0 Å². The van der Waals surface area contributed by atoms with Crippen LogP contribution in [0.4, 0.5) is 0 Å². The summed E-state index contributed by atoms with van der Waals surface area (Å²) in [5.74, 6) is 0.564. The van der Waals surface area contributed by atoms with Crippen molar-refractivity contribution in [2.45, 2.75) is 25.3 Å². The molecule has 0 unspecified atom stereocenters. The Kier molecular flexibility index (Phi) is 3.10. The van der Waals surface area contributed by atoms with Crippen LogP contribution in [-0.2, 0) is 13.6 Å². The van der Waals surface area contributed by atoms with Gasteiger partial charge in [0.15, 0.2) is 0 Å². The van der Waals surface area contributed by atoms with Gasteiger partial charge in [-0.25, -0.2) is 4.68 Å². The fourth-order valence-electron chi connectivity index (χ4n) is 2.44. The molecule has 6 nitrogen and oxygen atoms in total. The van der Waals surface area contributed by atoms with Crippen molar-refractivity contribution in [1.29, 1.82) is 0 Å². The van der Waals surface area contributed by atoms with E-state index in [1.807, 2.05) is 24.1 Å². The zero-order valence-electron chi connectivity index (χ0n) is 10.6. The largest absolute Gasteiger partial charge is 0.317 e. The molecule has 1 fully saturated rings. The lowest BCUT2D eigenvalue weighted by molar-refractivity contribution is 0.453. The summed E-state index contributed by atoms with van der Waals surface area (Å²) in [5.41, 5.74) is 2.28. The molecule has 6 heteroatoms. The molecule has 0 radical (unpaired) electrons. The smallest absolute Gasteiger partial charge is 0.0859 e. The van der Waals surface area contributed by atoms with Gasteiger partial charge in [-0.2, -0.15) is 5.10 Å². The highest BCUT2D eigenvalue weighted by atomic mass is 15.4. The Morgan fingerprint density at radius 3 is 2.89 bits per heavy atom. The number of nitrogens with zero attached hydrogens (tertiary/aromatic N) is 5. The number of hydrogen-bond donors (Lipinski definition) is 1. The third kappa shape index (κ3) is 2.43. The summed E-state index contributed by atoms with van der Waals surface area (Å²) in [6.45, 7) is 2.91. The number of rotatable bonds is 3. The van der Waals surface area contributed by atoms with E-state index in [1.54, 1.807) is 4.68 Å². The van der Waals surface area contributed by atoms with Crippen LogP contribution in [0.1, 0.15) is 30.0 Å². The number of aromatic nitrogens is 5. The molecule has 18 heavy (non-hydrogen) atoms. The molecular formula is C12H18N6. The lowest BCUT2D eigenvalue weighted by Crippen LogP contribution is -2.26. The number of hydrogen-bond acceptors (Lipinski definition) is 4. The SMILES string of the molecule is Cn1cc(Cn2cc(C3CCNCC3)nn2)cn1. The lowest BCUT2D eigenvalue weighted by Gasteiger charge is -2.19. The zero-order valence-corrected chi connectivity index (χ0v) is 10.6. The first-order chi connectivity index (χ1) is 8.81. The monoisotopic (exact) mass is 246 g/mol. The molecule has 2 aromatic heterocycles. The van der Waals surface area contributed by atoms with Gasteiger partial charge in [0.05, 0.1) is 18.4 Å². The molecule has 0 saturated carbocycles. The van der Waals surface area contributed by atoms with Crippen molar-refractivity contribution in [1.82, 2.24) is 30.1 Å². The minimum absolute atomic E-state index is 0.564. The highest BCUT2D eigenvalue weighted by Gasteiger charge is 2.18. The van der Waals surface area contributed by atoms with Crippen LogP contribution in [0, 0.1) is 0 Å². The van der Waals surface area contributed by atoms with Gasteiger partial charge in [-0.3, -0.25) is 4.68 Å². The first-order valence-electron chi connectivity index (χ1n) is 6.39. The molecule has 1 aliphatic rings. The van der Waals surface area contributed by atoms with Crippen LogP contribution in [0.5, 0.6) is 0 Å². The molecule has 2 aromatic rings. The van der Waals surface area contributed by atoms with Crippen LogP contribution < -0.4 is 5.32 Å². The fourth-order valence-corrected chi connectivity index (χ4v) is 2.44. The first-order valence-corrected chi connectivity index (χ1v) is 6.39. The minimum Gasteiger partial charge on any atom is -0.317 e. The van der Waals surface area contributed by atoms with Crippen molar-refractivity contribution in [3.8, 4) is 0 Å². The Balaban J connectivity index is 1.69. The second-order valence-electron chi connectivity index (χ2n) is 4.89. The fraction of sp³-hybridized carbons (Fsp3) is 0.583. The predicted molar refractivity (Wildman–Crippen MR) is 67.2 cm³/mol. The van der Waals surface area contributed by atoms with Crippen molar-refractivity contribution >= 4 is 0 Å². The van der Waals surface area contributed by atoms with Crippen LogP contribution in [0.25, 0.3) is 0 Å². The zero-order chi connectivity index (χ0) is 12.4. The van der Waals surface area contributed by atoms with Crippen molar-refractivity contribution in [3.63, 3.8) is 0 Å². The van der Waals surface area contributed by atoms with Crippen molar-refractivity contribution in [2.75, 3.05) is 13.1 Å². The van der Waals surface area contributed by atoms with Crippen LogP contribution in [0.3, 0.4) is 0 Å². The molecule has 1 aliphatic heterocycles. The highest BCUT2D eigenvalue weighted by Crippen LogP contribution is 2.22. The molecule has 0 atom stereocenters. The van der Waals surface area contributed by atoms with Gasteiger partial charge in [0, 0.05) is 30.9 Å². The number of aryl methyl sites for hydroxylation is 1. The molecule has 0 spiro atoms. The van der Waals surface area contributed by atoms with E-state index in [4.69, 9.17) is 0 Å². The Labute approximate surface area is 106 Å². The maximum Gasteiger partial charge on any atom is 0.0859 e. The van der Waals surface area contributed by atoms with Crippen molar-refractivity contribution in [2.24, 2.45) is 7.05 Å². The van der Waals surface area contributed by atoms with Crippen molar-refractivity contribution in [3.05, 3.63) is 29.8 Å². The molecule has 0 aromatic carbocycles. The predicted octanol–water partition coefficient (Wildman–Crippen LogP) is 0.527. The van der Waals surface area contributed by atoms with Gasteiger partial charge >= 0.3 is 0 Å². The van der Waals surface area contributed by atoms with Gasteiger partial charge in [-0.05, 0) is 25.9 Å². The van der Waals surface area contributed by atoms with E-state index < -0.39 is 0 Å². The average Bonchev–Trinajstić information content (AvgIpc) is 3.01. The number of nitrogens with one attached hydrogen (secondary N) is 1. The quantitative estimate of drug-likeness (QED) is 0.858. The van der Waals surface area contributed by atoms with E-state index in [2.05, 4.69) is 26.9 Å². The van der Waals surface area contributed by atoms with E-state index in [0.717, 1.165) is 43.7 Å². The lowest BCUT2D eigenvalue weighted by atomic mass is 9.95. The normalized spacial score (nSPS) is 17.2. The van der Waals surface area contributed by atoms with Gasteiger partial charge in [0.2, 0.25) is 0 Å². The van der Waals surface area contributed by atoms with Gasteiger partial charge in [-0.15, -0.1) is 5.10 Å². The third-order valence-corrected chi connectivity index (χ3v) is 3.42.